The van der Waals surface area contributed by atoms with Crippen molar-refractivity contribution in [2.75, 3.05) is 18.0 Å². The molecule has 0 unspecified atom stereocenters. The van der Waals surface area contributed by atoms with Gasteiger partial charge in [0.15, 0.2) is 0 Å². The average Bonchev–Trinajstić information content (AvgIpc) is 2.29. The maximum atomic E-state index is 11.3. The second-order valence-electron chi connectivity index (χ2n) is 4.33. The Morgan fingerprint density at radius 1 is 1.53 bits per heavy atom. The number of ketones is 1. The Labute approximate surface area is 114 Å². The number of piperidine rings is 1. The normalized spacial score (nSPS) is 17.2. The fraction of sp³-hybridized carbons (Fsp3) is 0.500. The molecule has 0 saturated carbocycles. The lowest BCUT2D eigenvalue weighted by molar-refractivity contribution is -0.121. The largest absolute Gasteiger partial charge is 0.355 e. The van der Waals surface area contributed by atoms with Crippen LogP contribution in [0.15, 0.2) is 16.7 Å². The van der Waals surface area contributed by atoms with E-state index in [1.54, 1.807) is 13.1 Å². The molecule has 0 spiro atoms. The highest BCUT2D eigenvalue weighted by Gasteiger charge is 2.24. The summed E-state index contributed by atoms with van der Waals surface area (Å²) in [5, 5.41) is 0.653. The van der Waals surface area contributed by atoms with Crippen molar-refractivity contribution in [1.29, 1.82) is 0 Å². The first kappa shape index (κ1) is 12.8. The van der Waals surface area contributed by atoms with Crippen LogP contribution in [0.3, 0.4) is 0 Å². The predicted octanol–water partition coefficient (Wildman–Crippen LogP) is 3.30. The van der Waals surface area contributed by atoms with Gasteiger partial charge < -0.3 is 4.90 Å². The minimum absolute atomic E-state index is 0.209. The smallest absolute Gasteiger partial charge is 0.147 e. The number of carbonyl (C=O) groups is 1. The standard InChI is InChI=1S/C12H14BrClN2O/c1-8(17)9-2-4-16(5-3-9)12-11(14)6-10(13)7-15-12/h6-7,9H,2-5H2,1H3. The molecule has 0 aromatic carbocycles. The van der Waals surface area contributed by atoms with Crippen molar-refractivity contribution in [3.63, 3.8) is 0 Å². The molecular weight excluding hydrogens is 304 g/mol. The van der Waals surface area contributed by atoms with E-state index in [4.69, 9.17) is 11.6 Å². The summed E-state index contributed by atoms with van der Waals surface area (Å²) >= 11 is 9.50. The first-order chi connectivity index (χ1) is 8.08. The molecule has 0 N–H and O–H groups in total. The molecule has 1 aromatic rings. The minimum atomic E-state index is 0.209. The van der Waals surface area contributed by atoms with Crippen molar-refractivity contribution in [2.45, 2.75) is 19.8 Å². The lowest BCUT2D eigenvalue weighted by atomic mass is 9.93. The van der Waals surface area contributed by atoms with Gasteiger partial charge in [-0.2, -0.15) is 0 Å². The van der Waals surface area contributed by atoms with Crippen LogP contribution in [-0.2, 0) is 4.79 Å². The number of hydrogen-bond donors (Lipinski definition) is 0. The summed E-state index contributed by atoms with van der Waals surface area (Å²) in [6, 6.07) is 1.85. The van der Waals surface area contributed by atoms with Gasteiger partial charge in [0, 0.05) is 29.7 Å². The molecule has 0 atom stereocenters. The fourth-order valence-electron chi connectivity index (χ4n) is 2.14. The molecular formula is C12H14BrClN2O. The molecule has 5 heteroatoms. The zero-order valence-corrected chi connectivity index (χ0v) is 12.0. The summed E-state index contributed by atoms with van der Waals surface area (Å²) < 4.78 is 0.880. The Morgan fingerprint density at radius 2 is 2.18 bits per heavy atom. The number of halogens is 2. The summed E-state index contributed by atoms with van der Waals surface area (Å²) in [5.41, 5.74) is 0. The van der Waals surface area contributed by atoms with Gasteiger partial charge >= 0.3 is 0 Å². The topological polar surface area (TPSA) is 33.2 Å². The van der Waals surface area contributed by atoms with E-state index < -0.39 is 0 Å². The van der Waals surface area contributed by atoms with E-state index in [1.807, 2.05) is 6.07 Å². The Balaban J connectivity index is 2.08. The van der Waals surface area contributed by atoms with E-state index in [0.29, 0.717) is 10.8 Å². The van der Waals surface area contributed by atoms with Crippen LogP contribution >= 0.6 is 27.5 Å². The maximum absolute atomic E-state index is 11.3. The SMILES string of the molecule is CC(=O)C1CCN(c2ncc(Br)cc2Cl)CC1. The Kier molecular flexibility index (Phi) is 4.05. The number of nitrogens with zero attached hydrogens (tertiary/aromatic N) is 2. The lowest BCUT2D eigenvalue weighted by Gasteiger charge is -2.32. The minimum Gasteiger partial charge on any atom is -0.355 e. The molecule has 1 saturated heterocycles. The van der Waals surface area contributed by atoms with Crippen molar-refractivity contribution in [3.05, 3.63) is 21.8 Å². The number of anilines is 1. The van der Waals surface area contributed by atoms with E-state index in [0.717, 1.165) is 36.2 Å². The third-order valence-corrected chi connectivity index (χ3v) is 3.87. The van der Waals surface area contributed by atoms with E-state index in [2.05, 4.69) is 25.8 Å². The molecule has 0 aliphatic carbocycles. The van der Waals surface area contributed by atoms with E-state index in [-0.39, 0.29) is 5.92 Å². The molecule has 0 bridgehead atoms. The third kappa shape index (κ3) is 2.99. The number of Topliss-reactive ketones (excluding diaryl/α,β-unsaturated/α-hetero) is 1. The number of carbonyl (C=O) groups excluding carboxylic acids is 1. The van der Waals surface area contributed by atoms with Crippen LogP contribution in [0, 0.1) is 5.92 Å². The molecule has 0 radical (unpaired) electrons. The Morgan fingerprint density at radius 3 is 2.71 bits per heavy atom. The third-order valence-electron chi connectivity index (χ3n) is 3.16. The van der Waals surface area contributed by atoms with Crippen molar-refractivity contribution >= 4 is 39.1 Å². The van der Waals surface area contributed by atoms with Gasteiger partial charge in [-0.3, -0.25) is 4.79 Å². The molecule has 1 aliphatic rings. The van der Waals surface area contributed by atoms with Gasteiger partial charge in [-0.15, -0.1) is 0 Å². The van der Waals surface area contributed by atoms with Crippen molar-refractivity contribution in [1.82, 2.24) is 4.98 Å². The molecule has 2 rings (SSSR count). The maximum Gasteiger partial charge on any atom is 0.147 e. The zero-order chi connectivity index (χ0) is 12.4. The lowest BCUT2D eigenvalue weighted by Crippen LogP contribution is -2.36. The number of aromatic nitrogens is 1. The van der Waals surface area contributed by atoms with E-state index in [1.165, 1.54) is 0 Å². The highest BCUT2D eigenvalue weighted by atomic mass is 79.9. The van der Waals surface area contributed by atoms with Gasteiger partial charge in [0.2, 0.25) is 0 Å². The van der Waals surface area contributed by atoms with Gasteiger partial charge in [-0.05, 0) is 41.8 Å². The Bertz CT molecular complexity index is 431. The van der Waals surface area contributed by atoms with Gasteiger partial charge in [0.05, 0.1) is 5.02 Å². The van der Waals surface area contributed by atoms with Gasteiger partial charge in [-0.25, -0.2) is 4.98 Å². The van der Waals surface area contributed by atoms with Crippen molar-refractivity contribution < 1.29 is 4.79 Å². The zero-order valence-electron chi connectivity index (χ0n) is 9.62. The molecule has 1 aromatic heterocycles. The Hall–Kier alpha value is -0.610. The van der Waals surface area contributed by atoms with Crippen molar-refractivity contribution in [2.24, 2.45) is 5.92 Å². The highest BCUT2D eigenvalue weighted by molar-refractivity contribution is 9.10. The van der Waals surface area contributed by atoms with Crippen LogP contribution in [0.5, 0.6) is 0 Å². The number of pyridine rings is 1. The summed E-state index contributed by atoms with van der Waals surface area (Å²) in [5.74, 6) is 1.32. The highest BCUT2D eigenvalue weighted by Crippen LogP contribution is 2.29. The second kappa shape index (κ2) is 5.36. The van der Waals surface area contributed by atoms with Crippen LogP contribution in [0.25, 0.3) is 0 Å². The van der Waals surface area contributed by atoms with Crippen molar-refractivity contribution in [3.8, 4) is 0 Å². The second-order valence-corrected chi connectivity index (χ2v) is 5.65. The van der Waals surface area contributed by atoms with Gasteiger partial charge in [0.1, 0.15) is 11.6 Å². The molecule has 1 fully saturated rings. The molecule has 2 heterocycles. The fourth-order valence-corrected chi connectivity index (χ4v) is 2.89. The molecule has 92 valence electrons. The summed E-state index contributed by atoms with van der Waals surface area (Å²) in [6.07, 6.45) is 3.53. The monoisotopic (exact) mass is 316 g/mol. The van der Waals surface area contributed by atoms with Crippen LogP contribution in [0.1, 0.15) is 19.8 Å². The predicted molar refractivity (Wildman–Crippen MR) is 72.6 cm³/mol. The summed E-state index contributed by atoms with van der Waals surface area (Å²) in [4.78, 5) is 17.8. The molecule has 17 heavy (non-hydrogen) atoms. The number of rotatable bonds is 2. The molecule has 1 aliphatic heterocycles. The first-order valence-electron chi connectivity index (χ1n) is 5.64. The van der Waals surface area contributed by atoms with Gasteiger partial charge in [-0.1, -0.05) is 11.6 Å². The quantitative estimate of drug-likeness (QED) is 0.839. The molecule has 0 amide bonds. The van der Waals surface area contributed by atoms with Crippen LogP contribution in [0.4, 0.5) is 5.82 Å². The molecule has 3 nitrogen and oxygen atoms in total. The van der Waals surface area contributed by atoms with Crippen LogP contribution in [-0.4, -0.2) is 23.9 Å². The van der Waals surface area contributed by atoms with Crippen LogP contribution < -0.4 is 4.90 Å². The van der Waals surface area contributed by atoms with Crippen LogP contribution in [0.2, 0.25) is 5.02 Å². The van der Waals surface area contributed by atoms with E-state index in [9.17, 15) is 4.79 Å². The van der Waals surface area contributed by atoms with E-state index >= 15 is 0 Å². The number of hydrogen-bond acceptors (Lipinski definition) is 3. The summed E-state index contributed by atoms with van der Waals surface area (Å²) in [6.45, 7) is 3.36. The average molecular weight is 318 g/mol. The summed E-state index contributed by atoms with van der Waals surface area (Å²) in [7, 11) is 0. The van der Waals surface area contributed by atoms with Gasteiger partial charge in [0.25, 0.3) is 0 Å². The first-order valence-corrected chi connectivity index (χ1v) is 6.81.